The number of amides is 1. The van der Waals surface area contributed by atoms with Crippen molar-refractivity contribution in [2.75, 3.05) is 0 Å². The molecule has 2 aromatic carbocycles. The van der Waals surface area contributed by atoms with E-state index in [0.29, 0.717) is 18.5 Å². The average molecular weight is 360 g/mol. The average Bonchev–Trinajstić information content (AvgIpc) is 2.60. The van der Waals surface area contributed by atoms with Crippen LogP contribution in [0.3, 0.4) is 0 Å². The number of aryl methyl sites for hydroxylation is 1. The maximum Gasteiger partial charge on any atom is 0.251 e. The molecule has 2 aromatic rings. The van der Waals surface area contributed by atoms with E-state index >= 15 is 0 Å². The van der Waals surface area contributed by atoms with Gasteiger partial charge in [0.05, 0.1) is 4.90 Å². The fraction of sp³-hybridized carbons (Fsp3) is 0.316. The molecule has 25 heavy (non-hydrogen) atoms. The van der Waals surface area contributed by atoms with Crippen molar-refractivity contribution in [1.82, 2.24) is 10.0 Å². The molecule has 0 radical (unpaired) electrons. The fourth-order valence-corrected chi connectivity index (χ4v) is 3.61. The highest BCUT2D eigenvalue weighted by molar-refractivity contribution is 7.89. The van der Waals surface area contributed by atoms with Crippen molar-refractivity contribution in [1.29, 1.82) is 0 Å². The minimum absolute atomic E-state index is 0.137. The van der Waals surface area contributed by atoms with Crippen molar-refractivity contribution in [3.05, 3.63) is 65.2 Å². The smallest absolute Gasteiger partial charge is 0.251 e. The van der Waals surface area contributed by atoms with Gasteiger partial charge in [0.1, 0.15) is 0 Å². The van der Waals surface area contributed by atoms with Crippen LogP contribution in [0.5, 0.6) is 0 Å². The molecule has 134 valence electrons. The molecular formula is C19H24N2O3S. The maximum atomic E-state index is 12.2. The molecule has 0 bridgehead atoms. The number of carbonyl (C=O) groups is 1. The Bertz CT molecular complexity index is 830. The Labute approximate surface area is 149 Å². The second-order valence-electron chi connectivity index (χ2n) is 6.06. The number of rotatable bonds is 7. The summed E-state index contributed by atoms with van der Waals surface area (Å²) in [5.41, 5.74) is 2.59. The van der Waals surface area contributed by atoms with Gasteiger partial charge in [0, 0.05) is 18.2 Å². The van der Waals surface area contributed by atoms with Crippen LogP contribution in [-0.4, -0.2) is 20.4 Å². The number of hydrogen-bond donors (Lipinski definition) is 2. The molecule has 0 saturated carbocycles. The lowest BCUT2D eigenvalue weighted by Gasteiger charge is -2.12. The lowest BCUT2D eigenvalue weighted by molar-refractivity contribution is 0.0951. The van der Waals surface area contributed by atoms with Crippen LogP contribution in [0.4, 0.5) is 0 Å². The van der Waals surface area contributed by atoms with Crippen LogP contribution < -0.4 is 10.0 Å². The van der Waals surface area contributed by atoms with E-state index in [1.54, 1.807) is 0 Å². The first-order chi connectivity index (χ1) is 11.8. The largest absolute Gasteiger partial charge is 0.348 e. The Morgan fingerprint density at radius 1 is 1.08 bits per heavy atom. The first-order valence-electron chi connectivity index (χ1n) is 8.28. The van der Waals surface area contributed by atoms with Crippen LogP contribution in [0.25, 0.3) is 0 Å². The third kappa shape index (κ3) is 5.14. The highest BCUT2D eigenvalue weighted by atomic mass is 32.2. The predicted molar refractivity (Wildman–Crippen MR) is 98.9 cm³/mol. The molecule has 2 rings (SSSR count). The van der Waals surface area contributed by atoms with E-state index in [1.807, 2.05) is 45.0 Å². The van der Waals surface area contributed by atoms with Crippen molar-refractivity contribution in [2.45, 2.75) is 44.7 Å². The van der Waals surface area contributed by atoms with Crippen molar-refractivity contribution in [3.8, 4) is 0 Å². The summed E-state index contributed by atoms with van der Waals surface area (Å²) in [6, 6.07) is 13.7. The molecule has 5 nitrogen and oxygen atoms in total. The second-order valence-corrected chi connectivity index (χ2v) is 7.78. The Morgan fingerprint density at radius 3 is 2.32 bits per heavy atom. The summed E-state index contributed by atoms with van der Waals surface area (Å²) in [7, 11) is -3.56. The summed E-state index contributed by atoms with van der Waals surface area (Å²) in [5, 5.41) is 2.85. The third-order valence-electron chi connectivity index (χ3n) is 4.10. The molecule has 0 aliphatic rings. The molecule has 0 heterocycles. The number of benzene rings is 2. The van der Waals surface area contributed by atoms with E-state index in [9.17, 15) is 13.2 Å². The molecule has 0 aliphatic heterocycles. The van der Waals surface area contributed by atoms with Gasteiger partial charge in [0.25, 0.3) is 5.91 Å². The molecule has 0 aromatic heterocycles. The third-order valence-corrected chi connectivity index (χ3v) is 5.70. The molecule has 0 saturated heterocycles. The topological polar surface area (TPSA) is 75.3 Å². The van der Waals surface area contributed by atoms with Crippen molar-refractivity contribution in [2.24, 2.45) is 0 Å². The standard InChI is InChI=1S/C19H24N2O3S/c1-4-15(3)21-25(23,24)18-11-9-16(10-12-18)19(22)20-13-17-8-6-5-7-14(17)2/h5-12,15,21H,4,13H2,1-3H3,(H,20,22)/t15-/m1/s1. The highest BCUT2D eigenvalue weighted by Gasteiger charge is 2.17. The van der Waals surface area contributed by atoms with Gasteiger partial charge in [0.2, 0.25) is 10.0 Å². The van der Waals surface area contributed by atoms with Crippen molar-refractivity contribution in [3.63, 3.8) is 0 Å². The summed E-state index contributed by atoms with van der Waals surface area (Å²) in [6.07, 6.45) is 0.707. The van der Waals surface area contributed by atoms with E-state index in [4.69, 9.17) is 0 Å². The molecule has 1 amide bonds. The minimum Gasteiger partial charge on any atom is -0.348 e. The van der Waals surface area contributed by atoms with Crippen LogP contribution in [0.1, 0.15) is 41.8 Å². The van der Waals surface area contributed by atoms with E-state index in [-0.39, 0.29) is 16.8 Å². The van der Waals surface area contributed by atoms with Gasteiger partial charge in [-0.1, -0.05) is 31.2 Å². The predicted octanol–water partition coefficient (Wildman–Crippen LogP) is 3.00. The zero-order valence-corrected chi connectivity index (χ0v) is 15.6. The Balaban J connectivity index is 2.04. The Kier molecular flexibility index (Phi) is 6.33. The van der Waals surface area contributed by atoms with Crippen LogP contribution >= 0.6 is 0 Å². The van der Waals surface area contributed by atoms with Crippen LogP contribution in [0.2, 0.25) is 0 Å². The normalized spacial score (nSPS) is 12.6. The van der Waals surface area contributed by atoms with Crippen molar-refractivity contribution >= 4 is 15.9 Å². The summed E-state index contributed by atoms with van der Waals surface area (Å²) in [5.74, 6) is -0.234. The second kappa shape index (κ2) is 8.27. The number of sulfonamides is 1. The molecule has 0 fully saturated rings. The molecule has 0 unspecified atom stereocenters. The fourth-order valence-electron chi connectivity index (χ4n) is 2.29. The van der Waals surface area contributed by atoms with E-state index in [0.717, 1.165) is 11.1 Å². The van der Waals surface area contributed by atoms with Crippen LogP contribution in [-0.2, 0) is 16.6 Å². The van der Waals surface area contributed by atoms with Gasteiger partial charge in [-0.15, -0.1) is 0 Å². The lowest BCUT2D eigenvalue weighted by atomic mass is 10.1. The Hall–Kier alpha value is -2.18. The highest BCUT2D eigenvalue weighted by Crippen LogP contribution is 2.12. The molecule has 1 atom stereocenters. The van der Waals surface area contributed by atoms with E-state index in [1.165, 1.54) is 24.3 Å². The van der Waals surface area contributed by atoms with Gasteiger partial charge in [-0.2, -0.15) is 0 Å². The monoisotopic (exact) mass is 360 g/mol. The van der Waals surface area contributed by atoms with E-state index in [2.05, 4.69) is 10.0 Å². The minimum atomic E-state index is -3.56. The first kappa shape index (κ1) is 19.1. The van der Waals surface area contributed by atoms with Gasteiger partial charge in [-0.05, 0) is 55.7 Å². The quantitative estimate of drug-likeness (QED) is 0.797. The summed E-state index contributed by atoms with van der Waals surface area (Å²) >= 11 is 0. The molecule has 0 spiro atoms. The maximum absolute atomic E-state index is 12.2. The van der Waals surface area contributed by atoms with Gasteiger partial charge in [0.15, 0.2) is 0 Å². The zero-order valence-electron chi connectivity index (χ0n) is 14.7. The molecule has 0 aliphatic carbocycles. The molecule has 2 N–H and O–H groups in total. The SMILES string of the molecule is CC[C@@H](C)NS(=O)(=O)c1ccc(C(=O)NCc2ccccc2C)cc1. The zero-order chi connectivity index (χ0) is 18.4. The number of carbonyl (C=O) groups excluding carboxylic acids is 1. The number of hydrogen-bond acceptors (Lipinski definition) is 3. The van der Waals surface area contributed by atoms with Gasteiger partial charge in [-0.25, -0.2) is 13.1 Å². The number of nitrogens with one attached hydrogen (secondary N) is 2. The summed E-state index contributed by atoms with van der Waals surface area (Å²) < 4.78 is 27.0. The lowest BCUT2D eigenvalue weighted by Crippen LogP contribution is -2.32. The van der Waals surface area contributed by atoms with Gasteiger partial charge in [-0.3, -0.25) is 4.79 Å². The van der Waals surface area contributed by atoms with E-state index < -0.39 is 10.0 Å². The van der Waals surface area contributed by atoms with Gasteiger partial charge < -0.3 is 5.32 Å². The van der Waals surface area contributed by atoms with Crippen LogP contribution in [0, 0.1) is 6.92 Å². The summed E-state index contributed by atoms with van der Waals surface area (Å²) in [6.45, 7) is 6.15. The van der Waals surface area contributed by atoms with Crippen LogP contribution in [0.15, 0.2) is 53.4 Å². The summed E-state index contributed by atoms with van der Waals surface area (Å²) in [4.78, 5) is 12.4. The molecular weight excluding hydrogens is 336 g/mol. The van der Waals surface area contributed by atoms with Crippen molar-refractivity contribution < 1.29 is 13.2 Å². The van der Waals surface area contributed by atoms with Gasteiger partial charge >= 0.3 is 0 Å². The first-order valence-corrected chi connectivity index (χ1v) is 9.77. The molecule has 6 heteroatoms. The Morgan fingerprint density at radius 2 is 1.72 bits per heavy atom.